The second-order valence-electron chi connectivity index (χ2n) is 5.83. The minimum atomic E-state index is 0.545. The molecule has 0 amide bonds. The van der Waals surface area contributed by atoms with Crippen molar-refractivity contribution in [2.45, 2.75) is 39.8 Å². The van der Waals surface area contributed by atoms with E-state index in [0.29, 0.717) is 13.1 Å². The van der Waals surface area contributed by atoms with Crippen molar-refractivity contribution in [1.82, 2.24) is 25.4 Å². The fourth-order valence-corrected chi connectivity index (χ4v) is 2.32. The zero-order valence-electron chi connectivity index (χ0n) is 15.5. The van der Waals surface area contributed by atoms with E-state index in [-0.39, 0.29) is 0 Å². The van der Waals surface area contributed by atoms with Gasteiger partial charge in [0.2, 0.25) is 0 Å². The Hall–Kier alpha value is -2.57. The molecule has 25 heavy (non-hydrogen) atoms. The van der Waals surface area contributed by atoms with Gasteiger partial charge in [-0.1, -0.05) is 31.5 Å². The molecule has 0 saturated carbocycles. The van der Waals surface area contributed by atoms with Crippen LogP contribution in [-0.2, 0) is 20.1 Å². The maximum Gasteiger partial charge on any atom is 0.191 e. The van der Waals surface area contributed by atoms with Gasteiger partial charge in [0, 0.05) is 19.2 Å². The predicted octanol–water partition coefficient (Wildman–Crippen LogP) is 2.17. The van der Waals surface area contributed by atoms with Crippen LogP contribution in [0.1, 0.15) is 37.0 Å². The summed E-state index contributed by atoms with van der Waals surface area (Å²) in [7, 11) is 3.64. The van der Waals surface area contributed by atoms with Gasteiger partial charge in [0.05, 0.1) is 20.2 Å². The minimum absolute atomic E-state index is 0.545. The average Bonchev–Trinajstić information content (AvgIpc) is 2.95. The van der Waals surface area contributed by atoms with E-state index in [2.05, 4.69) is 32.7 Å². The maximum atomic E-state index is 5.39. The highest BCUT2D eigenvalue weighted by molar-refractivity contribution is 5.79. The summed E-state index contributed by atoms with van der Waals surface area (Å²) in [5.41, 5.74) is 1.05. The van der Waals surface area contributed by atoms with E-state index in [1.54, 1.807) is 7.11 Å². The highest BCUT2D eigenvalue weighted by Crippen LogP contribution is 2.17. The molecule has 0 radical (unpaired) electrons. The number of unbranched alkanes of at least 4 members (excludes halogenated alkanes) is 1. The third-order valence-corrected chi connectivity index (χ3v) is 4.02. The number of rotatable bonds is 8. The third-order valence-electron chi connectivity index (χ3n) is 4.02. The Kier molecular flexibility index (Phi) is 7.25. The second kappa shape index (κ2) is 9.66. The van der Waals surface area contributed by atoms with Gasteiger partial charge in [0.15, 0.2) is 11.8 Å². The lowest BCUT2D eigenvalue weighted by atomic mass is 10.2. The van der Waals surface area contributed by atoms with Crippen molar-refractivity contribution < 1.29 is 4.74 Å². The zero-order chi connectivity index (χ0) is 18.1. The second-order valence-corrected chi connectivity index (χ2v) is 5.83. The molecule has 0 bridgehead atoms. The summed E-state index contributed by atoms with van der Waals surface area (Å²) in [6.07, 6.45) is 2.23. The van der Waals surface area contributed by atoms with Crippen molar-refractivity contribution in [2.24, 2.45) is 12.0 Å². The molecular weight excluding hydrogens is 316 g/mol. The molecule has 1 aromatic carbocycles. The molecule has 0 aliphatic heterocycles. The largest absolute Gasteiger partial charge is 0.496 e. The van der Waals surface area contributed by atoms with Crippen LogP contribution in [0.25, 0.3) is 0 Å². The fraction of sp³-hybridized carbons (Fsp3) is 0.500. The lowest BCUT2D eigenvalue weighted by Crippen LogP contribution is -2.38. The van der Waals surface area contributed by atoms with Crippen molar-refractivity contribution in [3.8, 4) is 5.75 Å². The highest BCUT2D eigenvalue weighted by Gasteiger charge is 2.07. The molecule has 0 fully saturated rings. The van der Waals surface area contributed by atoms with Crippen molar-refractivity contribution >= 4 is 5.96 Å². The van der Waals surface area contributed by atoms with Gasteiger partial charge in [-0.15, -0.1) is 10.2 Å². The van der Waals surface area contributed by atoms with Crippen molar-refractivity contribution in [2.75, 3.05) is 13.7 Å². The SMILES string of the molecule is CCCCNC(=NCc1ccccc1OC)NCc1nnc(C)n1C. The van der Waals surface area contributed by atoms with Gasteiger partial charge in [0.1, 0.15) is 11.6 Å². The average molecular weight is 344 g/mol. The molecule has 2 aromatic rings. The Labute approximate surface area is 149 Å². The predicted molar refractivity (Wildman–Crippen MR) is 99.6 cm³/mol. The topological polar surface area (TPSA) is 76.4 Å². The normalized spacial score (nSPS) is 11.4. The van der Waals surface area contributed by atoms with Gasteiger partial charge in [-0.3, -0.25) is 0 Å². The summed E-state index contributed by atoms with van der Waals surface area (Å²) in [4.78, 5) is 4.68. The molecule has 1 aromatic heterocycles. The van der Waals surface area contributed by atoms with Crippen LogP contribution in [0.15, 0.2) is 29.3 Å². The first-order valence-corrected chi connectivity index (χ1v) is 8.64. The first-order chi connectivity index (χ1) is 12.2. The zero-order valence-corrected chi connectivity index (χ0v) is 15.5. The van der Waals surface area contributed by atoms with Crippen LogP contribution in [-0.4, -0.2) is 34.4 Å². The van der Waals surface area contributed by atoms with Crippen LogP contribution < -0.4 is 15.4 Å². The van der Waals surface area contributed by atoms with E-state index in [1.165, 1.54) is 0 Å². The molecule has 0 spiro atoms. The lowest BCUT2D eigenvalue weighted by Gasteiger charge is -2.13. The Morgan fingerprint density at radius 1 is 1.24 bits per heavy atom. The molecule has 0 unspecified atom stereocenters. The quantitative estimate of drug-likeness (QED) is 0.436. The molecule has 0 aliphatic carbocycles. The van der Waals surface area contributed by atoms with E-state index in [0.717, 1.165) is 48.3 Å². The molecule has 0 aliphatic rings. The molecule has 0 saturated heterocycles. The van der Waals surface area contributed by atoms with Gasteiger partial charge in [-0.05, 0) is 19.4 Å². The summed E-state index contributed by atoms with van der Waals surface area (Å²) in [5.74, 6) is 3.38. The monoisotopic (exact) mass is 344 g/mol. The number of aromatic nitrogens is 3. The summed E-state index contributed by atoms with van der Waals surface area (Å²) in [6, 6.07) is 7.93. The summed E-state index contributed by atoms with van der Waals surface area (Å²) >= 11 is 0. The molecular formula is C18H28N6O. The number of methoxy groups -OCH3 is 1. The van der Waals surface area contributed by atoms with Gasteiger partial charge < -0.3 is 19.9 Å². The number of nitrogens with one attached hydrogen (secondary N) is 2. The van der Waals surface area contributed by atoms with E-state index >= 15 is 0 Å². The van der Waals surface area contributed by atoms with Gasteiger partial charge in [-0.2, -0.15) is 0 Å². The third kappa shape index (κ3) is 5.48. The smallest absolute Gasteiger partial charge is 0.191 e. The number of hydrogen-bond donors (Lipinski definition) is 2. The molecule has 7 nitrogen and oxygen atoms in total. The molecule has 2 rings (SSSR count). The lowest BCUT2D eigenvalue weighted by molar-refractivity contribution is 0.410. The van der Waals surface area contributed by atoms with Crippen LogP contribution >= 0.6 is 0 Å². The number of ether oxygens (including phenoxy) is 1. The van der Waals surface area contributed by atoms with Crippen LogP contribution in [0.3, 0.4) is 0 Å². The number of aryl methyl sites for hydroxylation is 1. The van der Waals surface area contributed by atoms with Crippen LogP contribution in [0.2, 0.25) is 0 Å². The number of aliphatic imine (C=N–C) groups is 1. The first-order valence-electron chi connectivity index (χ1n) is 8.64. The number of hydrogen-bond acceptors (Lipinski definition) is 4. The minimum Gasteiger partial charge on any atom is -0.496 e. The van der Waals surface area contributed by atoms with E-state index in [9.17, 15) is 0 Å². The van der Waals surface area contributed by atoms with Crippen molar-refractivity contribution in [3.63, 3.8) is 0 Å². The van der Waals surface area contributed by atoms with Gasteiger partial charge in [-0.25, -0.2) is 4.99 Å². The number of para-hydroxylation sites is 1. The van der Waals surface area contributed by atoms with Crippen LogP contribution in [0.4, 0.5) is 0 Å². The van der Waals surface area contributed by atoms with Crippen molar-refractivity contribution in [3.05, 3.63) is 41.5 Å². The van der Waals surface area contributed by atoms with E-state index in [1.807, 2.05) is 42.8 Å². The molecule has 136 valence electrons. The Morgan fingerprint density at radius 2 is 2.04 bits per heavy atom. The number of benzene rings is 1. The van der Waals surface area contributed by atoms with Crippen molar-refractivity contribution in [1.29, 1.82) is 0 Å². The summed E-state index contributed by atoms with van der Waals surface area (Å²) < 4.78 is 7.36. The Morgan fingerprint density at radius 3 is 2.72 bits per heavy atom. The van der Waals surface area contributed by atoms with E-state index < -0.39 is 0 Å². The van der Waals surface area contributed by atoms with Crippen LogP contribution in [0, 0.1) is 6.92 Å². The standard InChI is InChI=1S/C18H28N6O/c1-5-6-11-19-18(21-13-17-23-22-14(2)24(17)3)20-12-15-9-7-8-10-16(15)25-4/h7-10H,5-6,11-13H2,1-4H3,(H2,19,20,21). The Bertz CT molecular complexity index is 695. The molecule has 1 heterocycles. The maximum absolute atomic E-state index is 5.39. The van der Waals surface area contributed by atoms with E-state index in [4.69, 9.17) is 4.74 Å². The summed E-state index contributed by atoms with van der Waals surface area (Å²) in [5, 5.41) is 15.0. The summed E-state index contributed by atoms with van der Waals surface area (Å²) in [6.45, 7) is 6.10. The van der Waals surface area contributed by atoms with Gasteiger partial charge >= 0.3 is 0 Å². The molecule has 0 atom stereocenters. The van der Waals surface area contributed by atoms with Gasteiger partial charge in [0.25, 0.3) is 0 Å². The number of guanidine groups is 1. The number of nitrogens with zero attached hydrogens (tertiary/aromatic N) is 4. The highest BCUT2D eigenvalue weighted by atomic mass is 16.5. The fourth-order valence-electron chi connectivity index (χ4n) is 2.32. The Balaban J connectivity index is 2.04. The first kappa shape index (κ1) is 18.8. The van der Waals surface area contributed by atoms with Crippen LogP contribution in [0.5, 0.6) is 5.75 Å². The molecule has 7 heteroatoms. The molecule has 2 N–H and O–H groups in total.